The average molecular weight is 305 g/mol. The lowest BCUT2D eigenvalue weighted by atomic mass is 9.96. The number of halogens is 5. The number of carbonyl (C=O) groups excluding carboxylic acids is 1. The molecular formula is C10H4F5N5O. The van der Waals surface area contributed by atoms with E-state index in [0.717, 1.165) is 0 Å². The van der Waals surface area contributed by atoms with Gasteiger partial charge in [0.15, 0.2) is 0 Å². The van der Waals surface area contributed by atoms with E-state index in [1.54, 1.807) is 0 Å². The Labute approximate surface area is 113 Å². The Morgan fingerprint density at radius 3 is 2.33 bits per heavy atom. The van der Waals surface area contributed by atoms with Crippen molar-refractivity contribution in [2.24, 2.45) is 16.1 Å². The highest BCUT2D eigenvalue weighted by molar-refractivity contribution is 5.77. The summed E-state index contributed by atoms with van der Waals surface area (Å²) in [6.07, 6.45) is -5.36. The van der Waals surface area contributed by atoms with E-state index in [-0.39, 0.29) is 12.1 Å². The van der Waals surface area contributed by atoms with Crippen LogP contribution in [0.3, 0.4) is 0 Å². The number of amides is 2. The molecule has 0 fully saturated rings. The molecule has 2 rings (SSSR count). The third-order valence-electron chi connectivity index (χ3n) is 2.78. The third kappa shape index (κ3) is 1.91. The minimum absolute atomic E-state index is 0.110. The summed E-state index contributed by atoms with van der Waals surface area (Å²) >= 11 is 0. The first-order chi connectivity index (χ1) is 9.65. The maximum Gasteiger partial charge on any atom is 0.440 e. The summed E-state index contributed by atoms with van der Waals surface area (Å²) in [5.41, 5.74) is -5.86. The number of nitrogens with zero attached hydrogens (tertiary/aromatic N) is 4. The Kier molecular flexibility index (Phi) is 3.14. The smallest absolute Gasteiger partial charge is 0.243 e. The lowest BCUT2D eigenvalue weighted by Crippen LogP contribution is -2.57. The van der Waals surface area contributed by atoms with Crippen molar-refractivity contribution in [3.05, 3.63) is 34.9 Å². The van der Waals surface area contributed by atoms with Crippen molar-refractivity contribution >= 4 is 6.03 Å². The van der Waals surface area contributed by atoms with Crippen molar-refractivity contribution < 1.29 is 26.7 Å². The molecule has 1 aliphatic heterocycles. The molecule has 21 heavy (non-hydrogen) atoms. The van der Waals surface area contributed by atoms with Crippen molar-refractivity contribution in [2.45, 2.75) is 11.8 Å². The Morgan fingerprint density at radius 1 is 1.29 bits per heavy atom. The predicted molar refractivity (Wildman–Crippen MR) is 55.1 cm³/mol. The molecule has 0 saturated carbocycles. The number of nitriles is 1. The van der Waals surface area contributed by atoms with Crippen LogP contribution < -0.4 is 5.84 Å². The van der Waals surface area contributed by atoms with Gasteiger partial charge < -0.3 is 0 Å². The Balaban J connectivity index is 2.77. The van der Waals surface area contributed by atoms with Gasteiger partial charge in [0.2, 0.25) is 0 Å². The summed E-state index contributed by atoms with van der Waals surface area (Å²) in [6.45, 7) is 0. The zero-order valence-corrected chi connectivity index (χ0v) is 9.82. The summed E-state index contributed by atoms with van der Waals surface area (Å²) in [6, 6.07) is 0.0546. The van der Waals surface area contributed by atoms with Gasteiger partial charge in [-0.25, -0.2) is 24.4 Å². The van der Waals surface area contributed by atoms with Crippen LogP contribution in [0.25, 0.3) is 0 Å². The number of carbonyl (C=O) groups is 1. The Bertz CT molecular complexity index is 694. The summed E-state index contributed by atoms with van der Waals surface area (Å²) in [4.78, 5) is 11.1. The number of rotatable bonds is 1. The summed E-state index contributed by atoms with van der Waals surface area (Å²) in [5, 5.41) is 13.4. The molecule has 110 valence electrons. The molecule has 11 heteroatoms. The van der Waals surface area contributed by atoms with E-state index in [2.05, 4.69) is 10.2 Å². The second-order valence-electron chi connectivity index (χ2n) is 3.95. The quantitative estimate of drug-likeness (QED) is 0.490. The number of nitrogens with two attached hydrogens (primary N) is 1. The number of urea groups is 1. The fourth-order valence-corrected chi connectivity index (χ4v) is 1.78. The van der Waals surface area contributed by atoms with Gasteiger partial charge >= 0.3 is 12.2 Å². The molecule has 1 aromatic carbocycles. The van der Waals surface area contributed by atoms with Crippen molar-refractivity contribution in [1.29, 1.82) is 5.26 Å². The molecule has 1 heterocycles. The van der Waals surface area contributed by atoms with Gasteiger partial charge in [0.05, 0.1) is 11.1 Å². The summed E-state index contributed by atoms with van der Waals surface area (Å²) in [5.74, 6) is 1.97. The number of hydrogen-bond donors (Lipinski definition) is 1. The van der Waals surface area contributed by atoms with Gasteiger partial charge in [-0.2, -0.15) is 18.4 Å². The lowest BCUT2D eigenvalue weighted by Gasteiger charge is -2.33. The molecule has 1 aromatic rings. The SMILES string of the molecule is N#Cc1cc(F)c(C2(C(F)(F)F)N=NC(=O)N2N)cc1F. The highest BCUT2D eigenvalue weighted by Gasteiger charge is 2.66. The van der Waals surface area contributed by atoms with Crippen molar-refractivity contribution in [2.75, 3.05) is 0 Å². The normalized spacial score (nSPS) is 21.8. The average Bonchev–Trinajstić information content (AvgIpc) is 2.69. The summed E-state index contributed by atoms with van der Waals surface area (Å²) < 4.78 is 67.0. The number of azo groups is 1. The highest BCUT2D eigenvalue weighted by atomic mass is 19.4. The minimum Gasteiger partial charge on any atom is -0.243 e. The number of hydrogen-bond acceptors (Lipinski definition) is 4. The van der Waals surface area contributed by atoms with E-state index in [4.69, 9.17) is 11.1 Å². The third-order valence-corrected chi connectivity index (χ3v) is 2.78. The standard InChI is InChI=1S/C10H4F5N5O/c11-6-2-5(7(12)1-4(6)3-16)9(10(13,14)15)19-18-8(21)20(9)17/h1-2H,17H2. The van der Waals surface area contributed by atoms with Gasteiger partial charge in [-0.3, -0.25) is 0 Å². The van der Waals surface area contributed by atoms with E-state index in [0.29, 0.717) is 0 Å². The van der Waals surface area contributed by atoms with Crippen molar-refractivity contribution in [3.63, 3.8) is 0 Å². The second kappa shape index (κ2) is 4.45. The molecule has 1 unspecified atom stereocenters. The van der Waals surface area contributed by atoms with Gasteiger partial charge in [0, 0.05) is 0 Å². The van der Waals surface area contributed by atoms with Gasteiger partial charge in [-0.1, -0.05) is 5.11 Å². The fraction of sp³-hybridized carbons (Fsp3) is 0.200. The Hall–Kier alpha value is -2.61. The number of benzene rings is 1. The van der Waals surface area contributed by atoms with E-state index < -0.39 is 45.6 Å². The van der Waals surface area contributed by atoms with Crippen LogP contribution in [0.1, 0.15) is 11.1 Å². The van der Waals surface area contributed by atoms with E-state index in [1.807, 2.05) is 0 Å². The molecule has 0 aromatic heterocycles. The van der Waals surface area contributed by atoms with E-state index >= 15 is 0 Å². The van der Waals surface area contributed by atoms with Gasteiger partial charge in [0.1, 0.15) is 17.7 Å². The maximum absolute atomic E-state index is 13.8. The first kappa shape index (κ1) is 14.8. The molecule has 0 aliphatic carbocycles. The Morgan fingerprint density at radius 2 is 1.90 bits per heavy atom. The lowest BCUT2D eigenvalue weighted by molar-refractivity contribution is -0.224. The van der Waals surface area contributed by atoms with Crippen LogP contribution in [0, 0.1) is 23.0 Å². The monoisotopic (exact) mass is 305 g/mol. The zero-order chi connectivity index (χ0) is 16.0. The fourth-order valence-electron chi connectivity index (χ4n) is 1.78. The molecule has 0 saturated heterocycles. The van der Waals surface area contributed by atoms with E-state index in [1.165, 1.54) is 6.07 Å². The topological polar surface area (TPSA) is 94.8 Å². The predicted octanol–water partition coefficient (Wildman–Crippen LogP) is 2.31. The molecule has 0 bridgehead atoms. The van der Waals surface area contributed by atoms with Gasteiger partial charge in [-0.05, 0) is 12.1 Å². The van der Waals surface area contributed by atoms with Crippen LogP contribution in [-0.2, 0) is 5.66 Å². The molecule has 1 atom stereocenters. The van der Waals surface area contributed by atoms with Crippen LogP contribution in [0.15, 0.2) is 22.4 Å². The second-order valence-corrected chi connectivity index (χ2v) is 3.95. The van der Waals surface area contributed by atoms with Crippen LogP contribution in [0.4, 0.5) is 26.7 Å². The highest BCUT2D eigenvalue weighted by Crippen LogP contribution is 2.47. The first-order valence-electron chi connectivity index (χ1n) is 5.13. The molecule has 2 amide bonds. The van der Waals surface area contributed by atoms with Crippen LogP contribution >= 0.6 is 0 Å². The molecular weight excluding hydrogens is 301 g/mol. The van der Waals surface area contributed by atoms with Crippen LogP contribution in [-0.4, -0.2) is 17.2 Å². The van der Waals surface area contributed by atoms with Gasteiger partial charge in [0.25, 0.3) is 5.66 Å². The van der Waals surface area contributed by atoms with E-state index in [9.17, 15) is 26.7 Å². The largest absolute Gasteiger partial charge is 0.440 e. The molecule has 0 spiro atoms. The van der Waals surface area contributed by atoms with Crippen LogP contribution in [0.2, 0.25) is 0 Å². The maximum atomic E-state index is 13.8. The molecule has 0 radical (unpaired) electrons. The van der Waals surface area contributed by atoms with Crippen LogP contribution in [0.5, 0.6) is 0 Å². The molecule has 2 N–H and O–H groups in total. The number of alkyl halides is 3. The molecule has 1 aliphatic rings. The minimum atomic E-state index is -5.36. The van der Waals surface area contributed by atoms with Gasteiger partial charge in [-0.15, -0.1) is 5.11 Å². The van der Waals surface area contributed by atoms with Crippen molar-refractivity contribution in [1.82, 2.24) is 5.01 Å². The molecule has 6 nitrogen and oxygen atoms in total. The van der Waals surface area contributed by atoms with Crippen molar-refractivity contribution in [3.8, 4) is 6.07 Å². The first-order valence-corrected chi connectivity index (χ1v) is 5.13. The zero-order valence-electron chi connectivity index (χ0n) is 9.82. The number of hydrazine groups is 1. The summed E-state index contributed by atoms with van der Waals surface area (Å²) in [7, 11) is 0.